The third-order valence-electron chi connectivity index (χ3n) is 5.35. The minimum absolute atomic E-state index is 0.0499. The summed E-state index contributed by atoms with van der Waals surface area (Å²) in [5.74, 6) is -0.200. The lowest BCUT2D eigenvalue weighted by Crippen LogP contribution is -2.44. The van der Waals surface area contributed by atoms with Gasteiger partial charge in [0, 0.05) is 18.7 Å². The first-order chi connectivity index (χ1) is 15.5. The molecule has 2 N–H and O–H groups in total. The van der Waals surface area contributed by atoms with Crippen LogP contribution in [0.5, 0.6) is 0 Å². The summed E-state index contributed by atoms with van der Waals surface area (Å²) in [6.45, 7) is 5.99. The predicted molar refractivity (Wildman–Crippen MR) is 125 cm³/mol. The van der Waals surface area contributed by atoms with Crippen molar-refractivity contribution in [2.45, 2.75) is 50.5 Å². The van der Waals surface area contributed by atoms with Gasteiger partial charge in [-0.1, -0.05) is 36.4 Å². The Kier molecular flexibility index (Phi) is 7.76. The average Bonchev–Trinajstić information content (AvgIpc) is 2.77. The number of rotatable bonds is 5. The van der Waals surface area contributed by atoms with Crippen LogP contribution in [0.15, 0.2) is 59.5 Å². The molecule has 0 atom stereocenters. The van der Waals surface area contributed by atoms with Crippen molar-refractivity contribution in [3.63, 3.8) is 0 Å². The molecule has 0 unspecified atom stereocenters. The Balaban J connectivity index is 1.59. The predicted octanol–water partition coefficient (Wildman–Crippen LogP) is 3.50. The standard InChI is InChI=1S/C24H31N3O5S/c1-24(2,3)32-23(29)26-25-22(28)20-10-7-11-21(17-20)33(30,31)27-14-12-19(13-15-27)16-18-8-5-4-6-9-18/h4-11,17,19H,12-16H2,1-3H3,(H,25,28)(H,26,29). The van der Waals surface area contributed by atoms with Gasteiger partial charge in [0.15, 0.2) is 0 Å². The highest BCUT2D eigenvalue weighted by Crippen LogP contribution is 2.26. The molecule has 1 saturated heterocycles. The highest BCUT2D eigenvalue weighted by Gasteiger charge is 2.30. The summed E-state index contributed by atoms with van der Waals surface area (Å²) >= 11 is 0. The van der Waals surface area contributed by atoms with E-state index in [1.165, 1.54) is 34.1 Å². The smallest absolute Gasteiger partial charge is 0.426 e. The molecule has 0 saturated carbocycles. The number of piperidine rings is 1. The minimum atomic E-state index is -3.73. The molecule has 2 amide bonds. The SMILES string of the molecule is CC(C)(C)OC(=O)NNC(=O)c1cccc(S(=O)(=O)N2CCC(Cc3ccccc3)CC2)c1. The van der Waals surface area contributed by atoms with Gasteiger partial charge in [0.2, 0.25) is 10.0 Å². The summed E-state index contributed by atoms with van der Waals surface area (Å²) in [5, 5.41) is 0. The average molecular weight is 474 g/mol. The number of nitrogens with one attached hydrogen (secondary N) is 2. The molecular weight excluding hydrogens is 442 g/mol. The lowest BCUT2D eigenvalue weighted by Gasteiger charge is -2.31. The van der Waals surface area contributed by atoms with Gasteiger partial charge in [0.05, 0.1) is 4.90 Å². The number of amides is 2. The first-order valence-electron chi connectivity index (χ1n) is 11.0. The van der Waals surface area contributed by atoms with Gasteiger partial charge in [-0.25, -0.2) is 18.6 Å². The topological polar surface area (TPSA) is 105 Å². The molecule has 178 valence electrons. The van der Waals surface area contributed by atoms with Gasteiger partial charge < -0.3 is 4.74 Å². The van der Waals surface area contributed by atoms with E-state index in [2.05, 4.69) is 23.0 Å². The number of hydrazine groups is 1. The fourth-order valence-corrected chi connectivity index (χ4v) is 5.25. The molecule has 1 aliphatic heterocycles. The second-order valence-electron chi connectivity index (χ2n) is 9.15. The van der Waals surface area contributed by atoms with Crippen molar-refractivity contribution in [3.8, 4) is 0 Å². The number of nitrogens with zero attached hydrogens (tertiary/aromatic N) is 1. The van der Waals surface area contributed by atoms with E-state index in [-0.39, 0.29) is 10.5 Å². The Labute approximate surface area is 195 Å². The fourth-order valence-electron chi connectivity index (χ4n) is 3.73. The Hall–Kier alpha value is -2.91. The van der Waals surface area contributed by atoms with Crippen LogP contribution in [0.1, 0.15) is 49.5 Å². The van der Waals surface area contributed by atoms with Crippen LogP contribution in [0.4, 0.5) is 4.79 Å². The van der Waals surface area contributed by atoms with E-state index in [1.807, 2.05) is 18.2 Å². The second kappa shape index (κ2) is 10.4. The van der Waals surface area contributed by atoms with Crippen molar-refractivity contribution in [2.24, 2.45) is 5.92 Å². The van der Waals surface area contributed by atoms with Crippen LogP contribution in [-0.4, -0.2) is 43.4 Å². The van der Waals surface area contributed by atoms with E-state index in [0.29, 0.717) is 19.0 Å². The molecule has 0 radical (unpaired) electrons. The van der Waals surface area contributed by atoms with E-state index in [1.54, 1.807) is 20.8 Å². The Morgan fingerprint density at radius 2 is 1.67 bits per heavy atom. The molecule has 2 aromatic carbocycles. The summed E-state index contributed by atoms with van der Waals surface area (Å²) in [6.07, 6.45) is 1.70. The van der Waals surface area contributed by atoms with Gasteiger partial charge in [-0.2, -0.15) is 4.31 Å². The lowest BCUT2D eigenvalue weighted by molar-refractivity contribution is 0.0483. The molecule has 1 fully saturated rings. The Morgan fingerprint density at radius 3 is 2.30 bits per heavy atom. The van der Waals surface area contributed by atoms with E-state index in [0.717, 1.165) is 19.3 Å². The summed E-state index contributed by atoms with van der Waals surface area (Å²) in [4.78, 5) is 24.2. The van der Waals surface area contributed by atoms with Gasteiger partial charge in [-0.15, -0.1) is 0 Å². The highest BCUT2D eigenvalue weighted by molar-refractivity contribution is 7.89. The van der Waals surface area contributed by atoms with Crippen LogP contribution >= 0.6 is 0 Å². The van der Waals surface area contributed by atoms with E-state index in [4.69, 9.17) is 4.74 Å². The van der Waals surface area contributed by atoms with Crippen molar-refractivity contribution in [2.75, 3.05) is 13.1 Å². The van der Waals surface area contributed by atoms with Gasteiger partial charge >= 0.3 is 6.09 Å². The normalized spacial score (nSPS) is 15.6. The zero-order chi connectivity index (χ0) is 24.1. The summed E-state index contributed by atoms with van der Waals surface area (Å²) in [6, 6.07) is 16.0. The van der Waals surface area contributed by atoms with Crippen LogP contribution in [0, 0.1) is 5.92 Å². The molecular formula is C24H31N3O5S. The van der Waals surface area contributed by atoms with Crippen molar-refractivity contribution in [1.82, 2.24) is 15.2 Å². The quantitative estimate of drug-likeness (QED) is 0.647. The number of sulfonamides is 1. The van der Waals surface area contributed by atoms with Crippen LogP contribution in [0.2, 0.25) is 0 Å². The van der Waals surface area contributed by atoms with Crippen LogP contribution in [0.3, 0.4) is 0 Å². The maximum absolute atomic E-state index is 13.2. The van der Waals surface area contributed by atoms with Crippen LogP contribution in [0.25, 0.3) is 0 Å². The number of carbonyl (C=O) groups is 2. The third kappa shape index (κ3) is 7.03. The van der Waals surface area contributed by atoms with Crippen LogP contribution < -0.4 is 10.9 Å². The molecule has 3 rings (SSSR count). The molecule has 1 aliphatic rings. The fraction of sp³-hybridized carbons (Fsp3) is 0.417. The van der Waals surface area contributed by atoms with Crippen molar-refractivity contribution in [1.29, 1.82) is 0 Å². The number of hydrogen-bond acceptors (Lipinski definition) is 5. The van der Waals surface area contributed by atoms with Crippen LogP contribution in [-0.2, 0) is 21.2 Å². The molecule has 0 aliphatic carbocycles. The van der Waals surface area contributed by atoms with E-state index in [9.17, 15) is 18.0 Å². The maximum Gasteiger partial charge on any atom is 0.426 e. The van der Waals surface area contributed by atoms with Gasteiger partial charge in [-0.05, 0) is 69.7 Å². The molecule has 9 heteroatoms. The van der Waals surface area contributed by atoms with Crippen molar-refractivity contribution < 1.29 is 22.7 Å². The maximum atomic E-state index is 13.2. The third-order valence-corrected chi connectivity index (χ3v) is 7.25. The molecule has 33 heavy (non-hydrogen) atoms. The first kappa shape index (κ1) is 24.7. The summed E-state index contributed by atoms with van der Waals surface area (Å²) < 4.78 is 32.8. The lowest BCUT2D eigenvalue weighted by atomic mass is 9.91. The van der Waals surface area contributed by atoms with E-state index < -0.39 is 27.6 Å². The zero-order valence-electron chi connectivity index (χ0n) is 19.2. The first-order valence-corrected chi connectivity index (χ1v) is 12.4. The largest absolute Gasteiger partial charge is 0.443 e. The molecule has 1 heterocycles. The van der Waals surface area contributed by atoms with Gasteiger partial charge in [-0.3, -0.25) is 10.2 Å². The summed E-state index contributed by atoms with van der Waals surface area (Å²) in [5.41, 5.74) is 5.07. The highest BCUT2D eigenvalue weighted by atomic mass is 32.2. The Morgan fingerprint density at radius 1 is 1.00 bits per heavy atom. The zero-order valence-corrected chi connectivity index (χ0v) is 20.0. The summed E-state index contributed by atoms with van der Waals surface area (Å²) in [7, 11) is -3.73. The second-order valence-corrected chi connectivity index (χ2v) is 11.1. The minimum Gasteiger partial charge on any atom is -0.443 e. The van der Waals surface area contributed by atoms with E-state index >= 15 is 0 Å². The molecule has 2 aromatic rings. The molecule has 0 aromatic heterocycles. The number of carbonyl (C=O) groups excluding carboxylic acids is 2. The monoisotopic (exact) mass is 473 g/mol. The van der Waals surface area contributed by atoms with Crippen molar-refractivity contribution >= 4 is 22.0 Å². The molecule has 0 bridgehead atoms. The number of benzene rings is 2. The molecule has 8 nitrogen and oxygen atoms in total. The molecule has 0 spiro atoms. The van der Waals surface area contributed by atoms with Gasteiger partial charge in [0.1, 0.15) is 5.60 Å². The van der Waals surface area contributed by atoms with Crippen molar-refractivity contribution in [3.05, 3.63) is 65.7 Å². The van der Waals surface area contributed by atoms with Gasteiger partial charge in [0.25, 0.3) is 5.91 Å². The number of ether oxygens (including phenoxy) is 1. The number of hydrogen-bond donors (Lipinski definition) is 2. The Bertz CT molecular complexity index is 1070.